The summed E-state index contributed by atoms with van der Waals surface area (Å²) in [6.07, 6.45) is 2.22. The van der Waals surface area contributed by atoms with E-state index in [4.69, 9.17) is 4.74 Å². The molecule has 1 amide bonds. The van der Waals surface area contributed by atoms with Crippen LogP contribution in [0, 0.1) is 17.7 Å². The number of likely N-dealkylation sites (tertiary alicyclic amines) is 1. The number of carbonyl (C=O) groups is 1. The van der Waals surface area contributed by atoms with Gasteiger partial charge in [0, 0.05) is 43.9 Å². The molecule has 3 atom stereocenters. The molecule has 1 saturated heterocycles. The Morgan fingerprint density at radius 1 is 1.00 bits per heavy atom. The third-order valence-electron chi connectivity index (χ3n) is 6.53. The Balaban J connectivity index is 1.13. The molecule has 7 heteroatoms. The van der Waals surface area contributed by atoms with Crippen LogP contribution in [0.1, 0.15) is 25.3 Å². The molecule has 5 rings (SSSR count). The molecule has 170 valence electrons. The number of hydrogen-bond donors (Lipinski definition) is 1. The predicted molar refractivity (Wildman–Crippen MR) is 124 cm³/mol. The highest BCUT2D eigenvalue weighted by Gasteiger charge is 2.41. The van der Waals surface area contributed by atoms with Crippen LogP contribution in [0.15, 0.2) is 60.7 Å². The first-order chi connectivity index (χ1) is 16.0. The van der Waals surface area contributed by atoms with E-state index >= 15 is 0 Å². The molecule has 1 aliphatic carbocycles. The van der Waals surface area contributed by atoms with Crippen LogP contribution in [-0.2, 0) is 11.3 Å². The SMILES string of the molecule is CC(=O)Nc1ccc(-c2ccc(O[C@@H]3CC4CN(Cc5ccc(F)cc5)C[C@H]4C3)nn2)cc1. The minimum Gasteiger partial charge on any atom is -0.473 e. The van der Waals surface area contributed by atoms with Crippen molar-refractivity contribution in [3.05, 3.63) is 72.0 Å². The van der Waals surface area contributed by atoms with Crippen molar-refractivity contribution in [1.82, 2.24) is 15.1 Å². The van der Waals surface area contributed by atoms with Gasteiger partial charge in [0.25, 0.3) is 0 Å². The van der Waals surface area contributed by atoms with Crippen LogP contribution in [0.5, 0.6) is 5.88 Å². The van der Waals surface area contributed by atoms with Crippen molar-refractivity contribution in [2.45, 2.75) is 32.4 Å². The molecule has 1 aliphatic heterocycles. The maximum Gasteiger partial charge on any atom is 0.233 e. The lowest BCUT2D eigenvalue weighted by atomic mass is 10.0. The second-order valence-electron chi connectivity index (χ2n) is 9.07. The van der Waals surface area contributed by atoms with Crippen LogP contribution in [0.25, 0.3) is 11.3 Å². The fraction of sp³-hybridized carbons (Fsp3) is 0.346. The second-order valence-corrected chi connectivity index (χ2v) is 9.07. The van der Waals surface area contributed by atoms with Gasteiger partial charge in [-0.25, -0.2) is 4.39 Å². The molecule has 2 heterocycles. The van der Waals surface area contributed by atoms with Gasteiger partial charge in [-0.2, -0.15) is 0 Å². The number of anilines is 1. The number of hydrogen-bond acceptors (Lipinski definition) is 5. The molecule has 0 bridgehead atoms. The van der Waals surface area contributed by atoms with E-state index in [0.717, 1.165) is 55.0 Å². The zero-order valence-electron chi connectivity index (χ0n) is 18.6. The maximum absolute atomic E-state index is 13.1. The van der Waals surface area contributed by atoms with Gasteiger partial charge in [-0.3, -0.25) is 9.69 Å². The highest BCUT2D eigenvalue weighted by Crippen LogP contribution is 2.40. The Morgan fingerprint density at radius 2 is 1.70 bits per heavy atom. The molecule has 1 aromatic heterocycles. The van der Waals surface area contributed by atoms with Gasteiger partial charge >= 0.3 is 0 Å². The Hall–Kier alpha value is -3.32. The van der Waals surface area contributed by atoms with Crippen molar-refractivity contribution in [3.63, 3.8) is 0 Å². The van der Waals surface area contributed by atoms with Crippen LogP contribution in [0.2, 0.25) is 0 Å². The van der Waals surface area contributed by atoms with E-state index in [1.54, 1.807) is 0 Å². The number of ether oxygens (including phenoxy) is 1. The average molecular weight is 447 g/mol. The molecule has 0 spiro atoms. The normalized spacial score (nSPS) is 22.2. The number of nitrogens with one attached hydrogen (secondary N) is 1. The van der Waals surface area contributed by atoms with Gasteiger partial charge in [0.1, 0.15) is 11.9 Å². The maximum atomic E-state index is 13.1. The largest absolute Gasteiger partial charge is 0.473 e. The van der Waals surface area contributed by atoms with E-state index in [-0.39, 0.29) is 17.8 Å². The van der Waals surface area contributed by atoms with E-state index in [1.165, 1.54) is 19.1 Å². The van der Waals surface area contributed by atoms with Crippen LogP contribution < -0.4 is 10.1 Å². The molecule has 2 aromatic carbocycles. The molecule has 2 fully saturated rings. The van der Waals surface area contributed by atoms with Crippen molar-refractivity contribution < 1.29 is 13.9 Å². The van der Waals surface area contributed by atoms with E-state index in [1.807, 2.05) is 48.5 Å². The third-order valence-corrected chi connectivity index (χ3v) is 6.53. The molecule has 3 aromatic rings. The van der Waals surface area contributed by atoms with Crippen molar-refractivity contribution in [1.29, 1.82) is 0 Å². The summed E-state index contributed by atoms with van der Waals surface area (Å²) >= 11 is 0. The standard InChI is InChI=1S/C26H27FN4O2/c1-17(32)28-23-8-4-19(5-9-23)25-10-11-26(30-29-25)33-24-12-20-15-31(16-21(20)13-24)14-18-2-6-22(27)7-3-18/h2-11,20-21,24H,12-16H2,1H3,(H,28,32)/t20-,21?,24+/m1/s1. The molecule has 33 heavy (non-hydrogen) atoms. The lowest BCUT2D eigenvalue weighted by Gasteiger charge is -2.19. The van der Waals surface area contributed by atoms with Crippen molar-refractivity contribution >= 4 is 11.6 Å². The zero-order chi connectivity index (χ0) is 22.8. The topological polar surface area (TPSA) is 67.3 Å². The number of fused-ring (bicyclic) bond motifs is 1. The van der Waals surface area contributed by atoms with Crippen LogP contribution in [-0.4, -0.2) is 40.2 Å². The first-order valence-electron chi connectivity index (χ1n) is 11.4. The Kier molecular flexibility index (Phi) is 6.05. The molecule has 0 radical (unpaired) electrons. The third kappa shape index (κ3) is 5.20. The van der Waals surface area contributed by atoms with Gasteiger partial charge in [0.2, 0.25) is 11.8 Å². The summed E-state index contributed by atoms with van der Waals surface area (Å²) in [7, 11) is 0. The lowest BCUT2D eigenvalue weighted by Crippen LogP contribution is -2.24. The van der Waals surface area contributed by atoms with Crippen LogP contribution in [0.4, 0.5) is 10.1 Å². The summed E-state index contributed by atoms with van der Waals surface area (Å²) in [4.78, 5) is 13.6. The van der Waals surface area contributed by atoms with Gasteiger partial charge in [-0.1, -0.05) is 24.3 Å². The highest BCUT2D eigenvalue weighted by molar-refractivity contribution is 5.88. The van der Waals surface area contributed by atoms with E-state index < -0.39 is 0 Å². The van der Waals surface area contributed by atoms with Gasteiger partial charge in [-0.15, -0.1) is 10.2 Å². The van der Waals surface area contributed by atoms with Crippen molar-refractivity contribution in [2.24, 2.45) is 11.8 Å². The van der Waals surface area contributed by atoms with Crippen molar-refractivity contribution in [3.8, 4) is 17.1 Å². The lowest BCUT2D eigenvalue weighted by molar-refractivity contribution is -0.114. The van der Waals surface area contributed by atoms with Gasteiger partial charge in [0.05, 0.1) is 5.69 Å². The summed E-state index contributed by atoms with van der Waals surface area (Å²) in [6.45, 7) is 4.47. The Bertz CT molecular complexity index is 1090. The highest BCUT2D eigenvalue weighted by atomic mass is 19.1. The van der Waals surface area contributed by atoms with Gasteiger partial charge < -0.3 is 10.1 Å². The summed E-state index contributed by atoms with van der Waals surface area (Å²) in [6, 6.07) is 18.1. The monoisotopic (exact) mass is 446 g/mol. The Morgan fingerprint density at radius 3 is 2.30 bits per heavy atom. The number of carbonyl (C=O) groups excluding carboxylic acids is 1. The number of aromatic nitrogens is 2. The molecule has 1 saturated carbocycles. The minimum atomic E-state index is -0.187. The number of benzene rings is 2. The quantitative estimate of drug-likeness (QED) is 0.603. The van der Waals surface area contributed by atoms with Gasteiger partial charge in [0.15, 0.2) is 0 Å². The van der Waals surface area contributed by atoms with Crippen LogP contribution >= 0.6 is 0 Å². The smallest absolute Gasteiger partial charge is 0.233 e. The average Bonchev–Trinajstić information content (AvgIpc) is 3.34. The number of nitrogens with zero attached hydrogens (tertiary/aromatic N) is 3. The second kappa shape index (κ2) is 9.27. The fourth-order valence-corrected chi connectivity index (χ4v) is 5.05. The summed E-state index contributed by atoms with van der Waals surface area (Å²) < 4.78 is 19.3. The Labute approximate surface area is 192 Å². The molecule has 2 aliphatic rings. The number of halogens is 1. The van der Waals surface area contributed by atoms with E-state index in [2.05, 4.69) is 20.4 Å². The predicted octanol–water partition coefficient (Wildman–Crippen LogP) is 4.53. The molecular formula is C26H27FN4O2. The van der Waals surface area contributed by atoms with Crippen LogP contribution in [0.3, 0.4) is 0 Å². The minimum absolute atomic E-state index is 0.0966. The molecule has 1 N–H and O–H groups in total. The molecular weight excluding hydrogens is 419 g/mol. The number of amides is 1. The first kappa shape index (κ1) is 21.5. The van der Waals surface area contributed by atoms with Crippen molar-refractivity contribution in [2.75, 3.05) is 18.4 Å². The van der Waals surface area contributed by atoms with Gasteiger partial charge in [-0.05, 0) is 60.6 Å². The van der Waals surface area contributed by atoms with E-state index in [9.17, 15) is 9.18 Å². The summed E-state index contributed by atoms with van der Waals surface area (Å²) in [5.41, 5.74) is 3.60. The molecule has 1 unspecified atom stereocenters. The summed E-state index contributed by atoms with van der Waals surface area (Å²) in [5, 5.41) is 11.4. The number of rotatable bonds is 6. The fourth-order valence-electron chi connectivity index (χ4n) is 5.05. The van der Waals surface area contributed by atoms with E-state index in [0.29, 0.717) is 17.7 Å². The summed E-state index contributed by atoms with van der Waals surface area (Å²) in [5.74, 6) is 1.53. The first-order valence-corrected chi connectivity index (χ1v) is 11.4. The molecule has 6 nitrogen and oxygen atoms in total. The zero-order valence-corrected chi connectivity index (χ0v) is 18.6.